The van der Waals surface area contributed by atoms with Crippen LogP contribution in [-0.2, 0) is 13.1 Å². The molecule has 0 fully saturated rings. The van der Waals surface area contributed by atoms with E-state index in [1.54, 1.807) is 11.3 Å². The molecule has 0 radical (unpaired) electrons. The molecule has 1 N–H and O–H groups in total. The van der Waals surface area contributed by atoms with Gasteiger partial charge in [0, 0.05) is 26.0 Å². The van der Waals surface area contributed by atoms with Gasteiger partial charge in [-0.1, -0.05) is 0 Å². The molecular formula is C15H17N5S. The number of fused-ring (bicyclic) bond motifs is 1. The van der Waals surface area contributed by atoms with Crippen LogP contribution in [0.15, 0.2) is 36.0 Å². The van der Waals surface area contributed by atoms with Crippen LogP contribution in [0.4, 0.5) is 5.82 Å². The molecule has 0 saturated carbocycles. The van der Waals surface area contributed by atoms with E-state index in [1.807, 2.05) is 37.0 Å². The number of nitrogens with one attached hydrogen (secondary N) is 1. The smallest absolute Gasteiger partial charge is 0.146 e. The summed E-state index contributed by atoms with van der Waals surface area (Å²) in [5.41, 5.74) is 1.23. The first-order valence-electron chi connectivity index (χ1n) is 6.75. The molecule has 0 aliphatic heterocycles. The molecule has 0 amide bonds. The van der Waals surface area contributed by atoms with E-state index in [1.165, 1.54) is 5.56 Å². The molecule has 21 heavy (non-hydrogen) atoms. The van der Waals surface area contributed by atoms with Crippen LogP contribution in [0.3, 0.4) is 0 Å². The third-order valence-electron chi connectivity index (χ3n) is 3.22. The van der Waals surface area contributed by atoms with E-state index in [9.17, 15) is 0 Å². The maximum absolute atomic E-state index is 4.64. The van der Waals surface area contributed by atoms with Crippen molar-refractivity contribution in [2.45, 2.75) is 13.1 Å². The highest BCUT2D eigenvalue weighted by molar-refractivity contribution is 7.16. The van der Waals surface area contributed by atoms with E-state index >= 15 is 0 Å². The van der Waals surface area contributed by atoms with Crippen molar-refractivity contribution in [3.05, 3.63) is 47.4 Å². The molecule has 0 aliphatic carbocycles. The highest BCUT2D eigenvalue weighted by Crippen LogP contribution is 2.25. The highest BCUT2D eigenvalue weighted by atomic mass is 32.1. The number of nitrogens with zero attached hydrogens (tertiary/aromatic N) is 4. The Bertz CT molecular complexity index is 725. The summed E-state index contributed by atoms with van der Waals surface area (Å²) in [6, 6.07) is 6.11. The third-order valence-corrected chi connectivity index (χ3v) is 4.03. The molecule has 3 rings (SSSR count). The first-order chi connectivity index (χ1) is 10.3. The number of hydrogen-bond donors (Lipinski definition) is 1. The zero-order valence-electron chi connectivity index (χ0n) is 12.1. The topological polar surface area (TPSA) is 53.9 Å². The summed E-state index contributed by atoms with van der Waals surface area (Å²) in [6.07, 6.45) is 3.63. The van der Waals surface area contributed by atoms with E-state index in [-0.39, 0.29) is 0 Å². The Labute approximate surface area is 127 Å². The molecule has 6 heteroatoms. The van der Waals surface area contributed by atoms with E-state index in [0.29, 0.717) is 6.54 Å². The molecule has 108 valence electrons. The number of aromatic nitrogens is 3. The SMILES string of the molecule is CNc1nc(CN(C)Cc2ccncc2)nc2sccc12. The summed E-state index contributed by atoms with van der Waals surface area (Å²) in [5.74, 6) is 1.74. The minimum Gasteiger partial charge on any atom is -0.372 e. The summed E-state index contributed by atoms with van der Waals surface area (Å²) in [7, 11) is 3.96. The fourth-order valence-electron chi connectivity index (χ4n) is 2.26. The summed E-state index contributed by atoms with van der Waals surface area (Å²) >= 11 is 1.64. The van der Waals surface area contributed by atoms with Crippen molar-refractivity contribution in [1.29, 1.82) is 0 Å². The van der Waals surface area contributed by atoms with Gasteiger partial charge in [-0.15, -0.1) is 11.3 Å². The van der Waals surface area contributed by atoms with Gasteiger partial charge in [-0.3, -0.25) is 9.88 Å². The van der Waals surface area contributed by atoms with E-state index in [4.69, 9.17) is 0 Å². The molecular weight excluding hydrogens is 282 g/mol. The van der Waals surface area contributed by atoms with E-state index in [0.717, 1.165) is 28.4 Å². The molecule has 3 aromatic rings. The van der Waals surface area contributed by atoms with Crippen molar-refractivity contribution in [3.8, 4) is 0 Å². The van der Waals surface area contributed by atoms with Gasteiger partial charge in [0.1, 0.15) is 16.5 Å². The van der Waals surface area contributed by atoms with Gasteiger partial charge in [-0.05, 0) is 36.2 Å². The molecule has 0 spiro atoms. The second kappa shape index (κ2) is 6.15. The fourth-order valence-corrected chi connectivity index (χ4v) is 3.04. The molecule has 0 saturated heterocycles. The minimum absolute atomic E-state index is 0.713. The van der Waals surface area contributed by atoms with Crippen molar-refractivity contribution in [2.75, 3.05) is 19.4 Å². The Morgan fingerprint density at radius 3 is 2.71 bits per heavy atom. The Morgan fingerprint density at radius 1 is 1.14 bits per heavy atom. The summed E-state index contributed by atoms with van der Waals surface area (Å²) in [6.45, 7) is 1.56. The predicted molar refractivity (Wildman–Crippen MR) is 86.4 cm³/mol. The molecule has 0 unspecified atom stereocenters. The number of pyridine rings is 1. The fraction of sp³-hybridized carbons (Fsp3) is 0.267. The van der Waals surface area contributed by atoms with Crippen molar-refractivity contribution >= 4 is 27.4 Å². The molecule has 5 nitrogen and oxygen atoms in total. The second-order valence-electron chi connectivity index (χ2n) is 4.91. The number of rotatable bonds is 5. The Balaban J connectivity index is 1.78. The Kier molecular flexibility index (Phi) is 4.08. The second-order valence-corrected chi connectivity index (χ2v) is 5.80. The van der Waals surface area contributed by atoms with Crippen LogP contribution in [0.5, 0.6) is 0 Å². The average Bonchev–Trinajstić information content (AvgIpc) is 2.95. The highest BCUT2D eigenvalue weighted by Gasteiger charge is 2.10. The zero-order chi connectivity index (χ0) is 14.7. The average molecular weight is 299 g/mol. The van der Waals surface area contributed by atoms with Crippen LogP contribution in [0.2, 0.25) is 0 Å². The van der Waals surface area contributed by atoms with Gasteiger partial charge in [0.25, 0.3) is 0 Å². The van der Waals surface area contributed by atoms with Crippen LogP contribution in [-0.4, -0.2) is 33.9 Å². The van der Waals surface area contributed by atoms with Crippen molar-refractivity contribution < 1.29 is 0 Å². The van der Waals surface area contributed by atoms with Gasteiger partial charge in [0.05, 0.1) is 11.9 Å². The van der Waals surface area contributed by atoms with Crippen LogP contribution in [0, 0.1) is 0 Å². The monoisotopic (exact) mass is 299 g/mol. The Morgan fingerprint density at radius 2 is 1.95 bits per heavy atom. The maximum atomic E-state index is 4.64. The lowest BCUT2D eigenvalue weighted by Gasteiger charge is -2.16. The first kappa shape index (κ1) is 13.9. The first-order valence-corrected chi connectivity index (χ1v) is 7.63. The van der Waals surface area contributed by atoms with E-state index < -0.39 is 0 Å². The van der Waals surface area contributed by atoms with Gasteiger partial charge < -0.3 is 5.32 Å². The van der Waals surface area contributed by atoms with Crippen LogP contribution in [0.25, 0.3) is 10.2 Å². The predicted octanol–water partition coefficient (Wildman–Crippen LogP) is 2.76. The molecule has 3 heterocycles. The van der Waals surface area contributed by atoms with E-state index in [2.05, 4.69) is 38.3 Å². The maximum Gasteiger partial charge on any atom is 0.146 e. The van der Waals surface area contributed by atoms with Crippen LogP contribution in [0.1, 0.15) is 11.4 Å². The quantitative estimate of drug-likeness (QED) is 0.785. The summed E-state index contributed by atoms with van der Waals surface area (Å²) in [4.78, 5) is 16.5. The van der Waals surface area contributed by atoms with Gasteiger partial charge in [-0.25, -0.2) is 9.97 Å². The number of thiophene rings is 1. The number of anilines is 1. The summed E-state index contributed by atoms with van der Waals surface area (Å²) in [5, 5.41) is 6.28. The third kappa shape index (κ3) is 3.17. The minimum atomic E-state index is 0.713. The van der Waals surface area contributed by atoms with Gasteiger partial charge in [-0.2, -0.15) is 0 Å². The Hall–Kier alpha value is -2.05. The van der Waals surface area contributed by atoms with Crippen LogP contribution >= 0.6 is 11.3 Å². The van der Waals surface area contributed by atoms with Gasteiger partial charge >= 0.3 is 0 Å². The standard InChI is InChI=1S/C15H17N5S/c1-16-14-12-5-8-21-15(12)19-13(18-14)10-20(2)9-11-3-6-17-7-4-11/h3-8H,9-10H2,1-2H3,(H,16,18,19). The molecule has 0 bridgehead atoms. The normalized spacial score (nSPS) is 11.2. The lowest BCUT2D eigenvalue weighted by Crippen LogP contribution is -2.19. The molecule has 0 atom stereocenters. The zero-order valence-corrected chi connectivity index (χ0v) is 12.9. The van der Waals surface area contributed by atoms with Gasteiger partial charge in [0.2, 0.25) is 0 Å². The lowest BCUT2D eigenvalue weighted by atomic mass is 10.2. The van der Waals surface area contributed by atoms with Crippen molar-refractivity contribution in [1.82, 2.24) is 19.9 Å². The lowest BCUT2D eigenvalue weighted by molar-refractivity contribution is 0.311. The van der Waals surface area contributed by atoms with Crippen molar-refractivity contribution in [3.63, 3.8) is 0 Å². The van der Waals surface area contributed by atoms with Crippen molar-refractivity contribution in [2.24, 2.45) is 0 Å². The summed E-state index contributed by atoms with van der Waals surface area (Å²) < 4.78 is 0. The molecule has 0 aromatic carbocycles. The van der Waals surface area contributed by atoms with Crippen LogP contribution < -0.4 is 5.32 Å². The number of hydrogen-bond acceptors (Lipinski definition) is 6. The molecule has 3 aromatic heterocycles. The largest absolute Gasteiger partial charge is 0.372 e. The van der Waals surface area contributed by atoms with Gasteiger partial charge in [0.15, 0.2) is 0 Å². The molecule has 0 aliphatic rings.